The Bertz CT molecular complexity index is 1130. The van der Waals surface area contributed by atoms with Gasteiger partial charge in [-0.15, -0.1) is 16.4 Å². The van der Waals surface area contributed by atoms with Crippen LogP contribution in [0.3, 0.4) is 0 Å². The Morgan fingerprint density at radius 3 is 2.69 bits per heavy atom. The van der Waals surface area contributed by atoms with E-state index in [0.29, 0.717) is 16.4 Å². The molecule has 0 spiro atoms. The number of aryl methyl sites for hydroxylation is 2. The summed E-state index contributed by atoms with van der Waals surface area (Å²) >= 11 is 3.01. The zero-order valence-electron chi connectivity index (χ0n) is 14.5. The van der Waals surface area contributed by atoms with Crippen molar-refractivity contribution in [2.24, 2.45) is 0 Å². The number of fused-ring (bicyclic) bond motifs is 1. The third-order valence-corrected chi connectivity index (χ3v) is 6.31. The zero-order chi connectivity index (χ0) is 18.3. The topological polar surface area (TPSA) is 87.3 Å². The molecular formula is C18H17N5OS2. The highest BCUT2D eigenvalue weighted by molar-refractivity contribution is 7.99. The van der Waals surface area contributed by atoms with Gasteiger partial charge in [0.1, 0.15) is 10.7 Å². The normalized spacial score (nSPS) is 12.6. The van der Waals surface area contributed by atoms with Crippen LogP contribution in [0.4, 0.5) is 0 Å². The van der Waals surface area contributed by atoms with Gasteiger partial charge in [-0.2, -0.15) is 0 Å². The highest BCUT2D eigenvalue weighted by Crippen LogP contribution is 2.33. The first-order valence-corrected chi connectivity index (χ1v) is 9.87. The number of aromatic amines is 2. The van der Waals surface area contributed by atoms with Gasteiger partial charge >= 0.3 is 0 Å². The van der Waals surface area contributed by atoms with E-state index in [0.717, 1.165) is 26.7 Å². The lowest BCUT2D eigenvalue weighted by atomic mass is 10.2. The fraction of sp³-hybridized carbons (Fsp3) is 0.222. The fourth-order valence-corrected chi connectivity index (χ4v) is 4.52. The summed E-state index contributed by atoms with van der Waals surface area (Å²) in [7, 11) is 0. The van der Waals surface area contributed by atoms with Gasteiger partial charge in [-0.05, 0) is 26.3 Å². The zero-order valence-corrected chi connectivity index (χ0v) is 16.2. The van der Waals surface area contributed by atoms with E-state index in [4.69, 9.17) is 0 Å². The van der Waals surface area contributed by atoms with Crippen molar-refractivity contribution in [3.05, 3.63) is 57.0 Å². The molecule has 4 rings (SSSR count). The van der Waals surface area contributed by atoms with Crippen LogP contribution in [0, 0.1) is 13.8 Å². The Balaban J connectivity index is 1.61. The molecule has 0 fully saturated rings. The van der Waals surface area contributed by atoms with Crippen LogP contribution in [0.15, 0.2) is 40.3 Å². The number of rotatable bonds is 4. The van der Waals surface area contributed by atoms with E-state index in [1.54, 1.807) is 11.3 Å². The van der Waals surface area contributed by atoms with Crippen molar-refractivity contribution in [2.75, 3.05) is 0 Å². The Labute approximate surface area is 158 Å². The van der Waals surface area contributed by atoms with Gasteiger partial charge < -0.3 is 4.98 Å². The number of H-pyrrole nitrogens is 2. The second kappa shape index (κ2) is 6.69. The summed E-state index contributed by atoms with van der Waals surface area (Å²) in [4.78, 5) is 26.4. The molecule has 0 saturated carbocycles. The first-order chi connectivity index (χ1) is 12.5. The highest BCUT2D eigenvalue weighted by Gasteiger charge is 2.18. The molecule has 1 atom stereocenters. The molecule has 4 aromatic rings. The van der Waals surface area contributed by atoms with E-state index in [1.165, 1.54) is 11.8 Å². The molecular weight excluding hydrogens is 366 g/mol. The second-order valence-electron chi connectivity index (χ2n) is 6.01. The van der Waals surface area contributed by atoms with Crippen LogP contribution < -0.4 is 5.56 Å². The molecule has 132 valence electrons. The number of thioether (sulfide) groups is 1. The molecule has 26 heavy (non-hydrogen) atoms. The molecule has 0 saturated heterocycles. The monoisotopic (exact) mass is 383 g/mol. The van der Waals surface area contributed by atoms with Gasteiger partial charge in [0, 0.05) is 10.4 Å². The highest BCUT2D eigenvalue weighted by atomic mass is 32.2. The van der Waals surface area contributed by atoms with Gasteiger partial charge in [0.25, 0.3) is 5.56 Å². The average molecular weight is 384 g/mol. The van der Waals surface area contributed by atoms with E-state index in [2.05, 4.69) is 25.1 Å². The van der Waals surface area contributed by atoms with Gasteiger partial charge in [0.05, 0.1) is 10.6 Å². The van der Waals surface area contributed by atoms with Gasteiger partial charge in [-0.3, -0.25) is 9.89 Å². The number of hydrogen-bond acceptors (Lipinski definition) is 6. The molecule has 1 aromatic carbocycles. The van der Waals surface area contributed by atoms with Gasteiger partial charge in [-0.1, -0.05) is 42.1 Å². The molecule has 0 unspecified atom stereocenters. The van der Waals surface area contributed by atoms with Crippen molar-refractivity contribution >= 4 is 33.3 Å². The summed E-state index contributed by atoms with van der Waals surface area (Å²) in [6.45, 7) is 5.96. The quantitative estimate of drug-likeness (QED) is 0.515. The Hall–Kier alpha value is -2.45. The summed E-state index contributed by atoms with van der Waals surface area (Å²) in [6, 6.07) is 9.84. The number of thiophene rings is 1. The maximum atomic E-state index is 12.4. The van der Waals surface area contributed by atoms with Crippen molar-refractivity contribution in [2.45, 2.75) is 31.2 Å². The minimum Gasteiger partial charge on any atom is -0.309 e. The van der Waals surface area contributed by atoms with Crippen LogP contribution in [0.1, 0.15) is 28.4 Å². The van der Waals surface area contributed by atoms with Gasteiger partial charge in [-0.25, -0.2) is 9.97 Å². The fourth-order valence-electron chi connectivity index (χ4n) is 2.70. The van der Waals surface area contributed by atoms with E-state index in [-0.39, 0.29) is 10.8 Å². The number of hydrogen-bond donors (Lipinski definition) is 2. The SMILES string of the molecule is Cc1sc2nc([C@H](C)Sc3n[nH]c(-c4ccccc4)n3)[nH]c(=O)c2c1C. The molecule has 8 heteroatoms. The lowest BCUT2D eigenvalue weighted by Gasteiger charge is -2.07. The first-order valence-electron chi connectivity index (χ1n) is 8.17. The van der Waals surface area contributed by atoms with Crippen LogP contribution in [-0.2, 0) is 0 Å². The van der Waals surface area contributed by atoms with E-state index >= 15 is 0 Å². The Morgan fingerprint density at radius 1 is 1.15 bits per heavy atom. The summed E-state index contributed by atoms with van der Waals surface area (Å²) in [5.74, 6) is 1.36. The van der Waals surface area contributed by atoms with Gasteiger partial charge in [0.15, 0.2) is 5.82 Å². The van der Waals surface area contributed by atoms with Gasteiger partial charge in [0.2, 0.25) is 5.16 Å². The third-order valence-electron chi connectivity index (χ3n) is 4.24. The minimum absolute atomic E-state index is 0.0748. The number of nitrogens with zero attached hydrogens (tertiary/aromatic N) is 3. The largest absolute Gasteiger partial charge is 0.309 e. The summed E-state index contributed by atoms with van der Waals surface area (Å²) in [5, 5.41) is 8.47. The number of nitrogens with one attached hydrogen (secondary N) is 2. The van der Waals surface area contributed by atoms with Crippen molar-refractivity contribution < 1.29 is 0 Å². The number of benzene rings is 1. The number of aromatic nitrogens is 5. The Morgan fingerprint density at radius 2 is 1.92 bits per heavy atom. The first kappa shape index (κ1) is 17.0. The van der Waals surface area contributed by atoms with Crippen molar-refractivity contribution in [3.8, 4) is 11.4 Å². The molecule has 2 N–H and O–H groups in total. The van der Waals surface area contributed by atoms with E-state index in [9.17, 15) is 4.79 Å². The average Bonchev–Trinajstić information content (AvgIpc) is 3.21. The summed E-state index contributed by atoms with van der Waals surface area (Å²) < 4.78 is 0. The lowest BCUT2D eigenvalue weighted by molar-refractivity contribution is 0.906. The third kappa shape index (κ3) is 3.06. The molecule has 0 aliphatic heterocycles. The van der Waals surface area contributed by atoms with Crippen LogP contribution >= 0.6 is 23.1 Å². The minimum atomic E-state index is -0.0840. The van der Waals surface area contributed by atoms with E-state index < -0.39 is 0 Å². The van der Waals surface area contributed by atoms with Crippen molar-refractivity contribution in [3.63, 3.8) is 0 Å². The standard InChI is InChI=1S/C18H17N5OS2/c1-9-10(2)25-17-13(9)16(24)19-14(20-17)11(3)26-18-21-15(22-23-18)12-7-5-4-6-8-12/h4-8,11H,1-3H3,(H,19,20,24)(H,21,22,23)/t11-/m0/s1. The summed E-state index contributed by atoms with van der Waals surface area (Å²) in [5.41, 5.74) is 1.91. The molecule has 0 aliphatic carbocycles. The maximum absolute atomic E-state index is 12.4. The molecule has 0 radical (unpaired) electrons. The lowest BCUT2D eigenvalue weighted by Crippen LogP contribution is -2.12. The Kier molecular flexibility index (Phi) is 4.37. The predicted molar refractivity (Wildman–Crippen MR) is 106 cm³/mol. The van der Waals surface area contributed by atoms with Crippen LogP contribution in [0.5, 0.6) is 0 Å². The predicted octanol–water partition coefficient (Wildman–Crippen LogP) is 4.24. The van der Waals surface area contributed by atoms with Crippen LogP contribution in [-0.4, -0.2) is 25.1 Å². The molecule has 0 amide bonds. The smallest absolute Gasteiger partial charge is 0.259 e. The van der Waals surface area contributed by atoms with Crippen LogP contribution in [0.25, 0.3) is 21.6 Å². The summed E-state index contributed by atoms with van der Waals surface area (Å²) in [6.07, 6.45) is 0. The maximum Gasteiger partial charge on any atom is 0.259 e. The molecule has 0 aliphatic rings. The molecule has 3 heterocycles. The molecule has 3 aromatic heterocycles. The van der Waals surface area contributed by atoms with E-state index in [1.807, 2.05) is 51.1 Å². The molecule has 6 nitrogen and oxygen atoms in total. The second-order valence-corrected chi connectivity index (χ2v) is 8.52. The molecule has 0 bridgehead atoms. The van der Waals surface area contributed by atoms with Crippen LogP contribution in [0.2, 0.25) is 0 Å². The van der Waals surface area contributed by atoms with Crippen molar-refractivity contribution in [1.29, 1.82) is 0 Å². The van der Waals surface area contributed by atoms with Crippen molar-refractivity contribution in [1.82, 2.24) is 25.1 Å².